The van der Waals surface area contributed by atoms with Crippen LogP contribution in [0.3, 0.4) is 0 Å². The summed E-state index contributed by atoms with van der Waals surface area (Å²) >= 11 is 0. The van der Waals surface area contributed by atoms with Crippen LogP contribution in [0.1, 0.15) is 45.9 Å². The Labute approximate surface area is 394 Å². The van der Waals surface area contributed by atoms with Crippen molar-refractivity contribution < 1.29 is 38.9 Å². The Kier molecular flexibility index (Phi) is 12.1. The topological polar surface area (TPSA) is 127 Å². The molecule has 334 valence electrons. The second kappa shape index (κ2) is 18.9. The van der Waals surface area contributed by atoms with Gasteiger partial charge >= 0.3 is 23.9 Å². The van der Waals surface area contributed by atoms with E-state index >= 15 is 0 Å². The predicted octanol–water partition coefficient (Wildman–Crippen LogP) is 12.3. The third-order valence-electron chi connectivity index (χ3n) is 13.8. The maximum absolute atomic E-state index is 14.2. The summed E-state index contributed by atoms with van der Waals surface area (Å²) < 4.78 is 12.1. The third-order valence-corrected chi connectivity index (χ3v) is 13.8. The second-order valence-corrected chi connectivity index (χ2v) is 17.6. The maximum Gasteiger partial charge on any atom is 0.315 e. The minimum atomic E-state index is -0.971. The number of esters is 2. The average Bonchev–Trinajstić information content (AvgIpc) is 3.35. The molecule has 6 atom stereocenters. The summed E-state index contributed by atoms with van der Waals surface area (Å²) in [4.78, 5) is 53.9. The molecule has 0 heterocycles. The van der Waals surface area contributed by atoms with Gasteiger partial charge in [-0.3, -0.25) is 19.2 Å². The first-order chi connectivity index (χ1) is 33.2. The van der Waals surface area contributed by atoms with Crippen LogP contribution in [0.15, 0.2) is 218 Å². The van der Waals surface area contributed by atoms with Crippen molar-refractivity contribution in [3.63, 3.8) is 0 Å². The number of carboxylic acids is 2. The lowest BCUT2D eigenvalue weighted by Gasteiger charge is -2.49. The lowest BCUT2D eigenvalue weighted by molar-refractivity contribution is -0.160. The standard InChI is InChI=1S/C60H46O8/c61-57(62)53-49(42-16-7-2-8-17-42)55(50(53)43-18-9-3-10-19-43)60(66)68-48-23-13-22-46(36-48)41-26-24-38(25-27-41)39-28-30-45(31-29-39)52-54(58(63)64)51(44-20-11-4-12-21-44)56(52)59(65)67-47-34-32-40(33-35-47)37-14-5-1-6-15-37/h1-36,49-56H,(H,61,62)(H,63,64)/t49-,50-,51-,52-,53?,54+,55?,56+/m0/s1. The Hall–Kier alpha value is -8.36. The van der Waals surface area contributed by atoms with E-state index in [0.29, 0.717) is 11.5 Å². The molecule has 8 aromatic carbocycles. The highest BCUT2D eigenvalue weighted by atomic mass is 16.5. The predicted molar refractivity (Wildman–Crippen MR) is 260 cm³/mol. The first kappa shape index (κ1) is 43.5. The molecule has 0 bridgehead atoms. The molecule has 8 heteroatoms. The van der Waals surface area contributed by atoms with Crippen molar-refractivity contribution in [1.82, 2.24) is 0 Å². The summed E-state index contributed by atoms with van der Waals surface area (Å²) in [5, 5.41) is 21.0. The van der Waals surface area contributed by atoms with Crippen molar-refractivity contribution in [3.8, 4) is 44.9 Å². The Bertz CT molecular complexity index is 3020. The van der Waals surface area contributed by atoms with E-state index in [0.717, 1.165) is 55.6 Å². The van der Waals surface area contributed by atoms with Crippen LogP contribution in [-0.4, -0.2) is 34.1 Å². The monoisotopic (exact) mass is 894 g/mol. The highest BCUT2D eigenvalue weighted by Gasteiger charge is 2.60. The van der Waals surface area contributed by atoms with Crippen LogP contribution in [0, 0.1) is 23.7 Å². The molecular weight excluding hydrogens is 849 g/mol. The van der Waals surface area contributed by atoms with Crippen molar-refractivity contribution >= 4 is 23.9 Å². The Morgan fingerprint density at radius 3 is 1.01 bits per heavy atom. The van der Waals surface area contributed by atoms with Gasteiger partial charge in [0, 0.05) is 23.7 Å². The van der Waals surface area contributed by atoms with Crippen molar-refractivity contribution in [3.05, 3.63) is 241 Å². The molecule has 2 saturated carbocycles. The molecule has 0 saturated heterocycles. The third kappa shape index (κ3) is 8.48. The number of ether oxygens (including phenoxy) is 2. The summed E-state index contributed by atoms with van der Waals surface area (Å²) in [6.07, 6.45) is 0. The van der Waals surface area contributed by atoms with E-state index in [1.54, 1.807) is 18.2 Å². The Morgan fingerprint density at radius 2 is 0.603 bits per heavy atom. The first-order valence-corrected chi connectivity index (χ1v) is 22.7. The highest BCUT2D eigenvalue weighted by Crippen LogP contribution is 2.59. The Morgan fingerprint density at radius 1 is 0.294 bits per heavy atom. The van der Waals surface area contributed by atoms with Crippen LogP contribution in [0.25, 0.3) is 33.4 Å². The summed E-state index contributed by atoms with van der Waals surface area (Å²) in [5.74, 6) is -7.52. The van der Waals surface area contributed by atoms with Gasteiger partial charge in [0.1, 0.15) is 11.5 Å². The van der Waals surface area contributed by atoms with Gasteiger partial charge in [0.15, 0.2) is 0 Å². The van der Waals surface area contributed by atoms with Gasteiger partial charge in [0.2, 0.25) is 0 Å². The van der Waals surface area contributed by atoms with Crippen molar-refractivity contribution in [2.45, 2.75) is 23.7 Å². The molecule has 10 rings (SSSR count). The number of carbonyl (C=O) groups is 4. The molecule has 68 heavy (non-hydrogen) atoms. The smallest absolute Gasteiger partial charge is 0.315 e. The molecular formula is C60H46O8. The fraction of sp³-hybridized carbons (Fsp3) is 0.133. The lowest BCUT2D eigenvalue weighted by Crippen LogP contribution is -2.52. The molecule has 2 N–H and O–H groups in total. The molecule has 0 amide bonds. The molecule has 0 radical (unpaired) electrons. The molecule has 0 aromatic heterocycles. The number of benzene rings is 8. The Balaban J connectivity index is 0.863. The van der Waals surface area contributed by atoms with Gasteiger partial charge in [-0.15, -0.1) is 0 Å². The summed E-state index contributed by atoms with van der Waals surface area (Å²) in [6.45, 7) is 0. The van der Waals surface area contributed by atoms with Crippen molar-refractivity contribution in [2.24, 2.45) is 23.7 Å². The SMILES string of the molecule is O=C(O)C1[C@H](c2ccccc2)C(C(=O)Oc2cccc(-c3ccc(-c4ccc([C@H]5[C@H](C(=O)O)[C@H](c6ccccc6)[C@H]5C(=O)Oc5ccc(-c6ccccc6)cc5)cc4)cc3)c2)[C@H]1c1ccccc1. The van der Waals surface area contributed by atoms with Gasteiger partial charge < -0.3 is 19.7 Å². The number of hydrogen-bond acceptors (Lipinski definition) is 6. The number of aliphatic carboxylic acids is 2. The van der Waals surface area contributed by atoms with Gasteiger partial charge in [-0.2, -0.15) is 0 Å². The van der Waals surface area contributed by atoms with Gasteiger partial charge in [-0.1, -0.05) is 194 Å². The molecule has 0 aliphatic heterocycles. The minimum Gasteiger partial charge on any atom is -0.481 e. The van der Waals surface area contributed by atoms with E-state index in [1.165, 1.54) is 0 Å². The molecule has 8 nitrogen and oxygen atoms in total. The van der Waals surface area contributed by atoms with Crippen molar-refractivity contribution in [1.29, 1.82) is 0 Å². The number of carbonyl (C=O) groups excluding carboxylic acids is 2. The van der Waals surface area contributed by atoms with Crippen LogP contribution in [0.5, 0.6) is 11.5 Å². The minimum absolute atomic E-state index is 0.359. The molecule has 2 fully saturated rings. The van der Waals surface area contributed by atoms with E-state index < -0.39 is 71.2 Å². The normalized spacial score (nSPS) is 21.6. The van der Waals surface area contributed by atoms with Crippen LogP contribution < -0.4 is 9.47 Å². The molecule has 0 spiro atoms. The second-order valence-electron chi connectivity index (χ2n) is 17.6. The van der Waals surface area contributed by atoms with Gasteiger partial charge in [-0.05, 0) is 79.9 Å². The van der Waals surface area contributed by atoms with E-state index in [1.807, 2.05) is 200 Å². The number of rotatable bonds is 13. The van der Waals surface area contributed by atoms with Crippen LogP contribution >= 0.6 is 0 Å². The molecule has 2 aliphatic carbocycles. The maximum atomic E-state index is 14.2. The average molecular weight is 895 g/mol. The van der Waals surface area contributed by atoms with Gasteiger partial charge in [-0.25, -0.2) is 0 Å². The fourth-order valence-electron chi connectivity index (χ4n) is 10.6. The zero-order chi connectivity index (χ0) is 46.7. The quantitative estimate of drug-likeness (QED) is 0.0865. The molecule has 8 aromatic rings. The van der Waals surface area contributed by atoms with Crippen LogP contribution in [0.4, 0.5) is 0 Å². The summed E-state index contributed by atoms with van der Waals surface area (Å²) in [5.41, 5.74) is 8.68. The zero-order valence-electron chi connectivity index (χ0n) is 36.7. The van der Waals surface area contributed by atoms with Crippen LogP contribution in [-0.2, 0) is 19.2 Å². The summed E-state index contributed by atoms with van der Waals surface area (Å²) in [6, 6.07) is 68.2. The van der Waals surface area contributed by atoms with Gasteiger partial charge in [0.05, 0.1) is 23.7 Å². The van der Waals surface area contributed by atoms with E-state index in [4.69, 9.17) is 9.47 Å². The summed E-state index contributed by atoms with van der Waals surface area (Å²) in [7, 11) is 0. The highest BCUT2D eigenvalue weighted by molar-refractivity contribution is 5.87. The number of hydrogen-bond donors (Lipinski definition) is 2. The van der Waals surface area contributed by atoms with E-state index in [-0.39, 0.29) is 0 Å². The van der Waals surface area contributed by atoms with E-state index in [9.17, 15) is 29.4 Å². The van der Waals surface area contributed by atoms with E-state index in [2.05, 4.69) is 0 Å². The lowest BCUT2D eigenvalue weighted by atomic mass is 9.52. The zero-order valence-corrected chi connectivity index (χ0v) is 36.7. The molecule has 2 aliphatic rings. The first-order valence-electron chi connectivity index (χ1n) is 22.7. The van der Waals surface area contributed by atoms with Gasteiger partial charge in [0.25, 0.3) is 0 Å². The fourth-order valence-corrected chi connectivity index (χ4v) is 10.6. The largest absolute Gasteiger partial charge is 0.481 e. The number of carboxylic acid groups (broad SMARTS) is 2. The molecule has 0 unspecified atom stereocenters. The van der Waals surface area contributed by atoms with Crippen molar-refractivity contribution in [2.75, 3.05) is 0 Å². The van der Waals surface area contributed by atoms with Crippen LogP contribution in [0.2, 0.25) is 0 Å².